The molecule has 2 atom stereocenters. The summed E-state index contributed by atoms with van der Waals surface area (Å²) in [5.74, 6) is 0.788. The van der Waals surface area contributed by atoms with Gasteiger partial charge in [-0.25, -0.2) is 0 Å². The lowest BCUT2D eigenvalue weighted by atomic mass is 10.1. The van der Waals surface area contributed by atoms with Crippen molar-refractivity contribution in [3.63, 3.8) is 0 Å². The third-order valence-corrected chi connectivity index (χ3v) is 2.71. The highest BCUT2D eigenvalue weighted by Crippen LogP contribution is 2.16. The fourth-order valence-electron chi connectivity index (χ4n) is 1.10. The second kappa shape index (κ2) is 4.80. The van der Waals surface area contributed by atoms with E-state index in [0.717, 1.165) is 18.6 Å². The Balaban J connectivity index is 2.41. The molecular formula is C8H14O2S. The molecule has 0 amide bonds. The van der Waals surface area contributed by atoms with Crippen LogP contribution in [0.4, 0.5) is 0 Å². The van der Waals surface area contributed by atoms with E-state index < -0.39 is 0 Å². The molecule has 1 aliphatic heterocycles. The summed E-state index contributed by atoms with van der Waals surface area (Å²) in [6, 6.07) is 0. The molecule has 0 unspecified atom stereocenters. The van der Waals surface area contributed by atoms with E-state index in [1.54, 1.807) is 18.9 Å². The van der Waals surface area contributed by atoms with Gasteiger partial charge < -0.3 is 9.84 Å². The summed E-state index contributed by atoms with van der Waals surface area (Å²) >= 11 is 1.66. The molecule has 64 valence electrons. The van der Waals surface area contributed by atoms with Crippen LogP contribution in [0.2, 0.25) is 0 Å². The normalized spacial score (nSPS) is 35.8. The number of ether oxygens (including phenoxy) is 1. The van der Waals surface area contributed by atoms with Gasteiger partial charge in [-0.1, -0.05) is 6.08 Å². The van der Waals surface area contributed by atoms with Crippen molar-refractivity contribution in [2.45, 2.75) is 25.0 Å². The van der Waals surface area contributed by atoms with E-state index >= 15 is 0 Å². The molecule has 0 aromatic rings. The minimum atomic E-state index is -0.213. The molecule has 0 fully saturated rings. The highest BCUT2D eigenvalue weighted by molar-refractivity contribution is 8.02. The Morgan fingerprint density at radius 3 is 3.18 bits per heavy atom. The van der Waals surface area contributed by atoms with E-state index in [-0.39, 0.29) is 12.2 Å². The molecule has 0 aromatic heterocycles. The van der Waals surface area contributed by atoms with E-state index in [1.165, 1.54) is 0 Å². The molecule has 1 rings (SSSR count). The van der Waals surface area contributed by atoms with Crippen molar-refractivity contribution in [3.05, 3.63) is 11.5 Å². The maximum atomic E-state index is 9.38. The first kappa shape index (κ1) is 9.10. The average molecular weight is 174 g/mol. The predicted molar refractivity (Wildman–Crippen MR) is 47.6 cm³/mol. The monoisotopic (exact) mass is 174 g/mol. The molecule has 0 radical (unpaired) electrons. The number of rotatable bonds is 1. The van der Waals surface area contributed by atoms with Crippen molar-refractivity contribution in [2.75, 3.05) is 12.9 Å². The second-order valence-electron chi connectivity index (χ2n) is 2.69. The largest absolute Gasteiger partial charge is 0.392 e. The van der Waals surface area contributed by atoms with Gasteiger partial charge in [0.1, 0.15) is 0 Å². The van der Waals surface area contributed by atoms with E-state index in [0.29, 0.717) is 0 Å². The summed E-state index contributed by atoms with van der Waals surface area (Å²) in [4.78, 5) is 0. The summed E-state index contributed by atoms with van der Waals surface area (Å²) < 4.78 is 5.18. The Labute approximate surface area is 71.6 Å². The molecule has 3 heteroatoms. The molecule has 2 nitrogen and oxygen atoms in total. The first-order valence-electron chi connectivity index (χ1n) is 3.80. The van der Waals surface area contributed by atoms with E-state index in [2.05, 4.69) is 6.08 Å². The van der Waals surface area contributed by atoms with Gasteiger partial charge in [-0.3, -0.25) is 0 Å². The van der Waals surface area contributed by atoms with Crippen LogP contribution in [0.25, 0.3) is 0 Å². The molecule has 1 aliphatic rings. The fraction of sp³-hybridized carbons (Fsp3) is 0.750. The summed E-state index contributed by atoms with van der Waals surface area (Å²) in [7, 11) is 1.69. The predicted octanol–water partition coefficient (Wildman–Crippen LogP) is 1.40. The molecule has 1 N–H and O–H groups in total. The van der Waals surface area contributed by atoms with Gasteiger partial charge in [-0.05, 0) is 11.8 Å². The third kappa shape index (κ3) is 3.27. The number of aliphatic hydroxyl groups excluding tert-OH is 1. The fourth-order valence-corrected chi connectivity index (χ4v) is 1.82. The minimum absolute atomic E-state index is 0.196. The molecule has 0 aliphatic carbocycles. The van der Waals surface area contributed by atoms with Crippen LogP contribution in [0.5, 0.6) is 0 Å². The smallest absolute Gasteiger partial charge is 0.0658 e. The van der Waals surface area contributed by atoms with Gasteiger partial charge in [-0.15, -0.1) is 11.8 Å². The Morgan fingerprint density at radius 2 is 2.45 bits per heavy atom. The molecule has 0 aromatic carbocycles. The van der Waals surface area contributed by atoms with Crippen molar-refractivity contribution in [1.29, 1.82) is 0 Å². The Morgan fingerprint density at radius 1 is 1.64 bits per heavy atom. The Bertz CT molecular complexity index is 136. The highest BCUT2D eigenvalue weighted by Gasteiger charge is 2.13. The standard InChI is InChI=1S/C8H14O2S/c1-10-8-3-2-4-11-6-7(9)5-8/h2,4,7-9H,3,5-6H2,1H3/b4-2-/t7-,8+/m1/s1. The number of hydrogen-bond donors (Lipinski definition) is 1. The summed E-state index contributed by atoms with van der Waals surface area (Å²) in [5.41, 5.74) is 0. The summed E-state index contributed by atoms with van der Waals surface area (Å²) in [6.07, 6.45) is 3.76. The van der Waals surface area contributed by atoms with Crippen LogP contribution in [0.1, 0.15) is 12.8 Å². The Hall–Kier alpha value is 0.01000. The molecule has 11 heavy (non-hydrogen) atoms. The molecule has 0 bridgehead atoms. The Kier molecular flexibility index (Phi) is 3.97. The van der Waals surface area contributed by atoms with Gasteiger partial charge in [-0.2, -0.15) is 0 Å². The second-order valence-corrected chi connectivity index (χ2v) is 3.63. The average Bonchev–Trinajstić information content (AvgIpc) is 1.96. The quantitative estimate of drug-likeness (QED) is 0.651. The topological polar surface area (TPSA) is 29.5 Å². The van der Waals surface area contributed by atoms with Crippen molar-refractivity contribution in [2.24, 2.45) is 0 Å². The van der Waals surface area contributed by atoms with Crippen LogP contribution in [-0.2, 0) is 4.74 Å². The van der Waals surface area contributed by atoms with E-state index in [4.69, 9.17) is 4.74 Å². The lowest BCUT2D eigenvalue weighted by molar-refractivity contribution is 0.0549. The summed E-state index contributed by atoms with van der Waals surface area (Å²) in [6.45, 7) is 0. The number of hydrogen-bond acceptors (Lipinski definition) is 3. The molecular weight excluding hydrogens is 160 g/mol. The molecule has 0 saturated carbocycles. The van der Waals surface area contributed by atoms with Gasteiger partial charge in [0.05, 0.1) is 12.2 Å². The maximum absolute atomic E-state index is 9.38. The van der Waals surface area contributed by atoms with Crippen LogP contribution in [0, 0.1) is 0 Å². The SMILES string of the molecule is CO[C@H]1C/C=C\SC[C@H](O)C1. The zero-order valence-electron chi connectivity index (χ0n) is 6.69. The van der Waals surface area contributed by atoms with Crippen LogP contribution >= 0.6 is 11.8 Å². The lowest BCUT2D eigenvalue weighted by Gasteiger charge is -2.18. The number of methoxy groups -OCH3 is 1. The van der Waals surface area contributed by atoms with Crippen molar-refractivity contribution < 1.29 is 9.84 Å². The number of aliphatic hydroxyl groups is 1. The van der Waals surface area contributed by atoms with Gasteiger partial charge in [0.25, 0.3) is 0 Å². The number of thioether (sulfide) groups is 1. The lowest BCUT2D eigenvalue weighted by Crippen LogP contribution is -2.21. The third-order valence-electron chi connectivity index (χ3n) is 1.75. The van der Waals surface area contributed by atoms with Gasteiger partial charge in [0.15, 0.2) is 0 Å². The van der Waals surface area contributed by atoms with Crippen LogP contribution in [0.3, 0.4) is 0 Å². The van der Waals surface area contributed by atoms with Crippen LogP contribution in [0.15, 0.2) is 11.5 Å². The zero-order chi connectivity index (χ0) is 8.10. The van der Waals surface area contributed by atoms with Gasteiger partial charge >= 0.3 is 0 Å². The van der Waals surface area contributed by atoms with Crippen molar-refractivity contribution in [1.82, 2.24) is 0 Å². The van der Waals surface area contributed by atoms with Crippen molar-refractivity contribution in [3.8, 4) is 0 Å². The maximum Gasteiger partial charge on any atom is 0.0658 e. The van der Waals surface area contributed by atoms with Crippen LogP contribution < -0.4 is 0 Å². The van der Waals surface area contributed by atoms with Crippen molar-refractivity contribution >= 4 is 11.8 Å². The summed E-state index contributed by atoms with van der Waals surface area (Å²) in [5, 5.41) is 11.4. The molecule has 1 heterocycles. The molecule has 0 saturated heterocycles. The van der Waals surface area contributed by atoms with E-state index in [1.807, 2.05) is 5.41 Å². The van der Waals surface area contributed by atoms with Gasteiger partial charge in [0, 0.05) is 19.3 Å². The first-order chi connectivity index (χ1) is 5.33. The molecule has 0 spiro atoms. The highest BCUT2D eigenvalue weighted by atomic mass is 32.2. The van der Waals surface area contributed by atoms with Crippen LogP contribution in [-0.4, -0.2) is 30.2 Å². The van der Waals surface area contributed by atoms with Gasteiger partial charge in [0.2, 0.25) is 0 Å². The first-order valence-corrected chi connectivity index (χ1v) is 4.85. The minimum Gasteiger partial charge on any atom is -0.392 e. The zero-order valence-corrected chi connectivity index (χ0v) is 7.51. The van der Waals surface area contributed by atoms with E-state index in [9.17, 15) is 5.11 Å².